The van der Waals surface area contributed by atoms with Crippen LogP contribution < -0.4 is 4.74 Å². The molecule has 2 atom stereocenters. The quantitative estimate of drug-likeness (QED) is 0.810. The molecular formula is C16H21ClFN3O2. The van der Waals surface area contributed by atoms with Crippen LogP contribution in [-0.2, 0) is 0 Å². The van der Waals surface area contributed by atoms with Crippen molar-refractivity contribution in [1.82, 2.24) is 15.2 Å². The second-order valence-electron chi connectivity index (χ2n) is 6.26. The molecule has 0 aliphatic carbocycles. The summed E-state index contributed by atoms with van der Waals surface area (Å²) in [7, 11) is 0. The van der Waals surface area contributed by atoms with E-state index in [0.717, 1.165) is 0 Å². The Morgan fingerprint density at radius 1 is 1.35 bits per heavy atom. The van der Waals surface area contributed by atoms with Crippen molar-refractivity contribution in [2.45, 2.75) is 32.3 Å². The van der Waals surface area contributed by atoms with Crippen LogP contribution in [0.15, 0.2) is 30.6 Å². The molecule has 23 heavy (non-hydrogen) atoms. The summed E-state index contributed by atoms with van der Waals surface area (Å²) in [6, 6.07) is 6.77. The van der Waals surface area contributed by atoms with Crippen LogP contribution in [0.5, 0.6) is 5.75 Å². The smallest absolute Gasteiger partial charge is 0.156 e. The Morgan fingerprint density at radius 2 is 2.00 bits per heavy atom. The van der Waals surface area contributed by atoms with Crippen LogP contribution in [0.25, 0.3) is 0 Å². The van der Waals surface area contributed by atoms with Gasteiger partial charge in [0.05, 0.1) is 12.6 Å². The summed E-state index contributed by atoms with van der Waals surface area (Å²) in [5.74, 6) is 0.435. The third-order valence-electron chi connectivity index (χ3n) is 4.32. The summed E-state index contributed by atoms with van der Waals surface area (Å²) in [4.78, 5) is 4.07. The van der Waals surface area contributed by atoms with E-state index in [2.05, 4.69) is 15.2 Å². The first kappa shape index (κ1) is 17.7. The highest BCUT2D eigenvalue weighted by atomic mass is 35.5. The zero-order valence-corrected chi connectivity index (χ0v) is 14.1. The molecule has 0 saturated heterocycles. The molecule has 0 amide bonds. The lowest BCUT2D eigenvalue weighted by Crippen LogP contribution is -2.54. The fraction of sp³-hybridized carbons (Fsp3) is 0.500. The molecule has 1 heterocycles. The van der Waals surface area contributed by atoms with Gasteiger partial charge in [0, 0.05) is 10.4 Å². The molecule has 0 bridgehead atoms. The number of alkyl halides is 1. The summed E-state index contributed by atoms with van der Waals surface area (Å²) in [6.45, 7) is 4.26. The van der Waals surface area contributed by atoms with Gasteiger partial charge in [-0.1, -0.05) is 32.4 Å². The third kappa shape index (κ3) is 3.64. The number of H-pyrrole nitrogens is 1. The lowest BCUT2D eigenvalue weighted by atomic mass is 9.69. The van der Waals surface area contributed by atoms with Crippen molar-refractivity contribution in [3.63, 3.8) is 0 Å². The van der Waals surface area contributed by atoms with E-state index in [1.165, 1.54) is 6.33 Å². The molecule has 126 valence electrons. The summed E-state index contributed by atoms with van der Waals surface area (Å²) >= 11 is 5.84. The number of benzene rings is 1. The monoisotopic (exact) mass is 341 g/mol. The second-order valence-corrected chi connectivity index (χ2v) is 6.70. The zero-order chi connectivity index (χ0) is 17.1. The summed E-state index contributed by atoms with van der Waals surface area (Å²) in [5, 5.41) is 18.4. The molecule has 0 aliphatic rings. The second kappa shape index (κ2) is 6.84. The SMILES string of the molecule is CC(c1nc[nH]n1)C(O)(COc1ccc(Cl)cc1)C(C)(C)CF. The molecule has 0 radical (unpaired) electrons. The van der Waals surface area contributed by atoms with Gasteiger partial charge < -0.3 is 9.84 Å². The number of ether oxygens (including phenoxy) is 1. The fourth-order valence-corrected chi connectivity index (χ4v) is 2.51. The number of aromatic nitrogens is 3. The van der Waals surface area contributed by atoms with Crippen LogP contribution in [0.2, 0.25) is 5.02 Å². The molecule has 5 nitrogen and oxygen atoms in total. The van der Waals surface area contributed by atoms with Gasteiger partial charge in [0.25, 0.3) is 0 Å². The Hall–Kier alpha value is -1.66. The number of nitrogens with one attached hydrogen (secondary N) is 1. The topological polar surface area (TPSA) is 71.0 Å². The number of aromatic amines is 1. The molecule has 0 aliphatic heterocycles. The van der Waals surface area contributed by atoms with Crippen molar-refractivity contribution >= 4 is 11.6 Å². The van der Waals surface area contributed by atoms with Crippen molar-refractivity contribution in [2.24, 2.45) is 5.41 Å². The molecule has 2 rings (SSSR count). The maximum absolute atomic E-state index is 13.6. The number of hydrogen-bond acceptors (Lipinski definition) is 4. The zero-order valence-electron chi connectivity index (χ0n) is 13.4. The number of nitrogens with zero attached hydrogens (tertiary/aromatic N) is 2. The van der Waals surface area contributed by atoms with Gasteiger partial charge in [-0.2, -0.15) is 5.10 Å². The molecule has 2 unspecified atom stereocenters. The molecule has 0 fully saturated rings. The Kier molecular flexibility index (Phi) is 5.26. The highest BCUT2D eigenvalue weighted by Gasteiger charge is 2.50. The standard InChI is InChI=1S/C16H21ClFN3O2/c1-11(14-19-10-20-21-14)16(22,15(2,3)8-18)9-23-13-6-4-12(17)5-7-13/h4-7,10-11,22H,8-9H2,1-3H3,(H,19,20,21). The largest absolute Gasteiger partial charge is 0.491 e. The van der Waals surface area contributed by atoms with E-state index >= 15 is 0 Å². The maximum atomic E-state index is 13.6. The molecule has 0 spiro atoms. The Bertz CT molecular complexity index is 619. The minimum Gasteiger partial charge on any atom is -0.491 e. The first-order chi connectivity index (χ1) is 10.8. The van der Waals surface area contributed by atoms with E-state index in [0.29, 0.717) is 16.6 Å². The number of hydrogen-bond donors (Lipinski definition) is 2. The molecular weight excluding hydrogens is 321 g/mol. The third-order valence-corrected chi connectivity index (χ3v) is 4.57. The molecule has 1 aromatic carbocycles. The van der Waals surface area contributed by atoms with Crippen molar-refractivity contribution in [3.05, 3.63) is 41.4 Å². The number of rotatable bonds is 7. The number of aliphatic hydroxyl groups is 1. The van der Waals surface area contributed by atoms with Gasteiger partial charge in [-0.3, -0.25) is 9.49 Å². The normalized spacial score (nSPS) is 15.9. The Morgan fingerprint density at radius 3 is 2.52 bits per heavy atom. The lowest BCUT2D eigenvalue weighted by Gasteiger charge is -2.43. The minimum atomic E-state index is -1.50. The highest BCUT2D eigenvalue weighted by molar-refractivity contribution is 6.30. The van der Waals surface area contributed by atoms with E-state index in [1.807, 2.05) is 0 Å². The van der Waals surface area contributed by atoms with Gasteiger partial charge in [0.15, 0.2) is 5.82 Å². The average Bonchev–Trinajstić information content (AvgIpc) is 3.07. The van der Waals surface area contributed by atoms with Gasteiger partial charge in [0.2, 0.25) is 0 Å². The maximum Gasteiger partial charge on any atom is 0.156 e. The van der Waals surface area contributed by atoms with Crippen LogP contribution in [0.4, 0.5) is 4.39 Å². The summed E-state index contributed by atoms with van der Waals surface area (Å²) in [6.07, 6.45) is 1.43. The fourth-order valence-electron chi connectivity index (χ4n) is 2.39. The van der Waals surface area contributed by atoms with E-state index in [4.69, 9.17) is 16.3 Å². The Balaban J connectivity index is 2.25. The number of halogens is 2. The predicted molar refractivity (Wildman–Crippen MR) is 86.5 cm³/mol. The van der Waals surface area contributed by atoms with Gasteiger partial charge in [-0.05, 0) is 24.3 Å². The molecule has 2 N–H and O–H groups in total. The van der Waals surface area contributed by atoms with Gasteiger partial charge in [0.1, 0.15) is 24.3 Å². The highest BCUT2D eigenvalue weighted by Crippen LogP contribution is 2.41. The van der Waals surface area contributed by atoms with Crippen molar-refractivity contribution in [3.8, 4) is 5.75 Å². The molecule has 0 saturated carbocycles. The predicted octanol–water partition coefficient (Wildman–Crippen LogP) is 3.37. The van der Waals surface area contributed by atoms with E-state index in [1.54, 1.807) is 45.0 Å². The van der Waals surface area contributed by atoms with Gasteiger partial charge >= 0.3 is 0 Å². The van der Waals surface area contributed by atoms with Crippen molar-refractivity contribution in [2.75, 3.05) is 13.3 Å². The van der Waals surface area contributed by atoms with Crippen molar-refractivity contribution in [1.29, 1.82) is 0 Å². The first-order valence-corrected chi connectivity index (χ1v) is 7.70. The van der Waals surface area contributed by atoms with Gasteiger partial charge in [-0.15, -0.1) is 0 Å². The minimum absolute atomic E-state index is 0.0960. The average molecular weight is 342 g/mol. The van der Waals surface area contributed by atoms with Crippen LogP contribution in [0.1, 0.15) is 32.5 Å². The lowest BCUT2D eigenvalue weighted by molar-refractivity contribution is -0.120. The Labute approximate surface area is 139 Å². The molecule has 7 heteroatoms. The first-order valence-electron chi connectivity index (χ1n) is 7.32. The van der Waals surface area contributed by atoms with Crippen LogP contribution in [-0.4, -0.2) is 39.2 Å². The van der Waals surface area contributed by atoms with E-state index in [-0.39, 0.29) is 6.61 Å². The van der Waals surface area contributed by atoms with Crippen LogP contribution >= 0.6 is 11.6 Å². The summed E-state index contributed by atoms with van der Waals surface area (Å²) < 4.78 is 19.3. The summed E-state index contributed by atoms with van der Waals surface area (Å²) in [5.41, 5.74) is -2.54. The molecule has 1 aromatic heterocycles. The van der Waals surface area contributed by atoms with Crippen LogP contribution in [0, 0.1) is 5.41 Å². The van der Waals surface area contributed by atoms with E-state index in [9.17, 15) is 9.50 Å². The van der Waals surface area contributed by atoms with Crippen molar-refractivity contribution < 1.29 is 14.2 Å². The van der Waals surface area contributed by atoms with Crippen LogP contribution in [0.3, 0.4) is 0 Å². The van der Waals surface area contributed by atoms with Gasteiger partial charge in [-0.25, -0.2) is 4.98 Å². The van der Waals surface area contributed by atoms with E-state index < -0.39 is 23.6 Å². The molecule has 2 aromatic rings.